The van der Waals surface area contributed by atoms with Gasteiger partial charge in [-0.1, -0.05) is 17.7 Å². The van der Waals surface area contributed by atoms with Crippen LogP contribution in [0.25, 0.3) is 0 Å². The van der Waals surface area contributed by atoms with Crippen molar-refractivity contribution in [3.8, 4) is 0 Å². The smallest absolute Gasteiger partial charge is 0.268 e. The summed E-state index contributed by atoms with van der Waals surface area (Å²) in [4.78, 5) is 14.8. The van der Waals surface area contributed by atoms with Crippen LogP contribution in [0.15, 0.2) is 53.3 Å². The predicted molar refractivity (Wildman–Crippen MR) is 89.3 cm³/mol. The molecule has 4 nitrogen and oxygen atoms in total. The van der Waals surface area contributed by atoms with Crippen LogP contribution in [0.5, 0.6) is 0 Å². The van der Waals surface area contributed by atoms with Gasteiger partial charge in [0, 0.05) is 16.1 Å². The highest BCUT2D eigenvalue weighted by Gasteiger charge is 2.32. The number of carbonyl (C=O) groups is 1. The Kier molecular flexibility index (Phi) is 4.08. The number of hydrogen-bond donors (Lipinski definition) is 0. The average Bonchev–Trinajstić information content (AvgIpc) is 3.11. The minimum atomic E-state index is -3.26. The van der Waals surface area contributed by atoms with Crippen molar-refractivity contribution in [3.05, 3.63) is 63.2 Å². The molecular weight excluding hydrogens is 342 g/mol. The molecule has 3 rings (SSSR count). The van der Waals surface area contributed by atoms with Gasteiger partial charge in [-0.25, -0.2) is 8.42 Å². The van der Waals surface area contributed by atoms with Gasteiger partial charge in [-0.3, -0.25) is 9.69 Å². The molecule has 7 heteroatoms. The van der Waals surface area contributed by atoms with Gasteiger partial charge in [0.1, 0.15) is 0 Å². The Hall–Kier alpha value is -1.63. The number of rotatable bonds is 3. The molecule has 0 spiro atoms. The van der Waals surface area contributed by atoms with Crippen molar-refractivity contribution < 1.29 is 13.2 Å². The minimum absolute atomic E-state index is 0.104. The van der Waals surface area contributed by atoms with E-state index in [2.05, 4.69) is 0 Å². The van der Waals surface area contributed by atoms with E-state index < -0.39 is 15.9 Å². The maximum atomic E-state index is 12.8. The maximum absolute atomic E-state index is 12.8. The molecule has 1 aromatic heterocycles. The highest BCUT2D eigenvalue weighted by atomic mass is 35.5. The van der Waals surface area contributed by atoms with Gasteiger partial charge in [0.2, 0.25) is 0 Å². The highest BCUT2D eigenvalue weighted by molar-refractivity contribution is 7.94. The van der Waals surface area contributed by atoms with E-state index in [4.69, 9.17) is 11.6 Å². The number of benzene rings is 1. The summed E-state index contributed by atoms with van der Waals surface area (Å²) in [6.45, 7) is 0. The van der Waals surface area contributed by atoms with Crippen LogP contribution in [-0.2, 0) is 9.84 Å². The van der Waals surface area contributed by atoms with Gasteiger partial charge in [-0.15, -0.1) is 11.3 Å². The normalized spacial score (nSPS) is 19.2. The van der Waals surface area contributed by atoms with Crippen LogP contribution in [0.3, 0.4) is 0 Å². The Morgan fingerprint density at radius 3 is 2.50 bits per heavy atom. The Bertz CT molecular complexity index is 811. The number of carbonyl (C=O) groups excluding carboxylic acids is 1. The van der Waals surface area contributed by atoms with Crippen molar-refractivity contribution in [2.75, 3.05) is 10.7 Å². The number of hydrogen-bond acceptors (Lipinski definition) is 4. The molecule has 114 valence electrons. The Balaban J connectivity index is 2.01. The van der Waals surface area contributed by atoms with Crippen molar-refractivity contribution in [2.45, 2.75) is 6.04 Å². The SMILES string of the molecule is O=C(c1cccs1)N(c1ccc(Cl)cc1)[C@H]1C=CS(=O)(=O)C1. The summed E-state index contributed by atoms with van der Waals surface area (Å²) < 4.78 is 23.4. The van der Waals surface area contributed by atoms with Crippen LogP contribution in [0.2, 0.25) is 5.02 Å². The second kappa shape index (κ2) is 5.87. The van der Waals surface area contributed by atoms with Gasteiger partial charge in [0.15, 0.2) is 9.84 Å². The monoisotopic (exact) mass is 353 g/mol. The molecule has 0 N–H and O–H groups in total. The molecule has 0 saturated carbocycles. The lowest BCUT2D eigenvalue weighted by atomic mass is 10.2. The number of sulfone groups is 1. The second-order valence-corrected chi connectivity index (χ2v) is 8.17. The fourth-order valence-electron chi connectivity index (χ4n) is 2.30. The van der Waals surface area contributed by atoms with Crippen LogP contribution in [-0.4, -0.2) is 26.1 Å². The molecule has 2 heterocycles. The van der Waals surface area contributed by atoms with Crippen molar-refractivity contribution in [2.24, 2.45) is 0 Å². The van der Waals surface area contributed by atoms with E-state index in [0.29, 0.717) is 15.6 Å². The Morgan fingerprint density at radius 2 is 1.95 bits per heavy atom. The number of amides is 1. The van der Waals surface area contributed by atoms with Gasteiger partial charge >= 0.3 is 0 Å². The van der Waals surface area contributed by atoms with Gasteiger partial charge in [-0.05, 0) is 41.8 Å². The van der Waals surface area contributed by atoms with Gasteiger partial charge in [0.25, 0.3) is 5.91 Å². The van der Waals surface area contributed by atoms with E-state index in [1.807, 2.05) is 5.38 Å². The van der Waals surface area contributed by atoms with Crippen LogP contribution in [0, 0.1) is 0 Å². The molecule has 1 amide bonds. The van der Waals surface area contributed by atoms with Gasteiger partial charge < -0.3 is 0 Å². The molecule has 1 aliphatic rings. The molecule has 0 fully saturated rings. The summed E-state index contributed by atoms with van der Waals surface area (Å²) in [7, 11) is -3.26. The fourth-order valence-corrected chi connectivity index (χ4v) is 4.35. The van der Waals surface area contributed by atoms with Gasteiger partial charge in [0.05, 0.1) is 16.7 Å². The number of anilines is 1. The summed E-state index contributed by atoms with van der Waals surface area (Å²) in [5.74, 6) is -0.323. The van der Waals surface area contributed by atoms with Crippen molar-refractivity contribution in [3.63, 3.8) is 0 Å². The molecule has 0 radical (unpaired) electrons. The molecule has 1 atom stereocenters. The van der Waals surface area contributed by atoms with Gasteiger partial charge in [-0.2, -0.15) is 0 Å². The zero-order valence-electron chi connectivity index (χ0n) is 11.3. The summed E-state index contributed by atoms with van der Waals surface area (Å²) in [6, 6.07) is 9.79. The zero-order valence-corrected chi connectivity index (χ0v) is 13.7. The molecule has 0 aliphatic carbocycles. The van der Waals surface area contributed by atoms with E-state index in [-0.39, 0.29) is 11.7 Å². The van der Waals surface area contributed by atoms with E-state index in [0.717, 1.165) is 0 Å². The molecular formula is C15H12ClNO3S2. The maximum Gasteiger partial charge on any atom is 0.268 e. The average molecular weight is 354 g/mol. The van der Waals surface area contributed by atoms with Crippen molar-refractivity contribution in [1.82, 2.24) is 0 Å². The lowest BCUT2D eigenvalue weighted by molar-refractivity contribution is 0.0987. The first-order valence-electron chi connectivity index (χ1n) is 6.50. The molecule has 0 saturated heterocycles. The third-order valence-corrected chi connectivity index (χ3v) is 5.79. The Labute approximate surface area is 137 Å². The molecule has 0 unspecified atom stereocenters. The molecule has 1 aliphatic heterocycles. The van der Waals surface area contributed by atoms with E-state index in [1.165, 1.54) is 21.6 Å². The van der Waals surface area contributed by atoms with E-state index in [9.17, 15) is 13.2 Å². The highest BCUT2D eigenvalue weighted by Crippen LogP contribution is 2.27. The van der Waals surface area contributed by atoms with Crippen molar-refractivity contribution in [1.29, 1.82) is 0 Å². The summed E-state index contributed by atoms with van der Waals surface area (Å²) in [6.07, 6.45) is 1.55. The summed E-state index contributed by atoms with van der Waals surface area (Å²) >= 11 is 7.21. The third-order valence-electron chi connectivity index (χ3n) is 3.30. The molecule has 0 bridgehead atoms. The predicted octanol–water partition coefficient (Wildman–Crippen LogP) is 3.36. The number of halogens is 1. The zero-order chi connectivity index (χ0) is 15.7. The Morgan fingerprint density at radius 1 is 1.23 bits per heavy atom. The topological polar surface area (TPSA) is 54.5 Å². The second-order valence-electron chi connectivity index (χ2n) is 4.85. The summed E-state index contributed by atoms with van der Waals surface area (Å²) in [5, 5.41) is 3.54. The number of thiophene rings is 1. The molecule has 2 aromatic rings. The first-order valence-corrected chi connectivity index (χ1v) is 9.47. The first kappa shape index (κ1) is 15.3. The van der Waals surface area contributed by atoms with Crippen molar-refractivity contribution >= 4 is 44.4 Å². The molecule has 1 aromatic carbocycles. The van der Waals surface area contributed by atoms with Crippen LogP contribution in [0.1, 0.15) is 9.67 Å². The fraction of sp³-hybridized carbons (Fsp3) is 0.133. The van der Waals surface area contributed by atoms with Crippen LogP contribution >= 0.6 is 22.9 Å². The lowest BCUT2D eigenvalue weighted by Gasteiger charge is -2.27. The minimum Gasteiger partial charge on any atom is -0.300 e. The number of nitrogens with zero attached hydrogens (tertiary/aromatic N) is 1. The van der Waals surface area contributed by atoms with E-state index in [1.54, 1.807) is 42.5 Å². The molecule has 22 heavy (non-hydrogen) atoms. The lowest BCUT2D eigenvalue weighted by Crippen LogP contribution is -2.40. The standard InChI is InChI=1S/C15H12ClNO3S2/c16-11-3-5-12(6-4-11)17(13-7-9-22(19,20)10-13)15(18)14-2-1-8-21-14/h1-9,13H,10H2/t13-/m0/s1. The van der Waals surface area contributed by atoms with Crippen LogP contribution < -0.4 is 4.90 Å². The van der Waals surface area contributed by atoms with Crippen LogP contribution in [0.4, 0.5) is 5.69 Å². The summed E-state index contributed by atoms with van der Waals surface area (Å²) in [5.41, 5.74) is 0.620. The third kappa shape index (κ3) is 3.09. The van der Waals surface area contributed by atoms with E-state index >= 15 is 0 Å². The first-order chi connectivity index (χ1) is 10.5. The largest absolute Gasteiger partial charge is 0.300 e. The quantitative estimate of drug-likeness (QED) is 0.850.